The zero-order valence-corrected chi connectivity index (χ0v) is 17.5. The van der Waals surface area contributed by atoms with E-state index in [0.717, 1.165) is 25.4 Å². The summed E-state index contributed by atoms with van der Waals surface area (Å²) in [6.45, 7) is 7.61. The molecule has 2 nitrogen and oxygen atoms in total. The fourth-order valence-electron chi connectivity index (χ4n) is 3.61. The Morgan fingerprint density at radius 3 is 2.16 bits per heavy atom. The normalized spacial score (nSPS) is 14.7. The Morgan fingerprint density at radius 1 is 0.920 bits per heavy atom. The maximum absolute atomic E-state index is 6.90. The molecular formula is C22H36O2Si. The summed E-state index contributed by atoms with van der Waals surface area (Å²) < 4.78 is 12.9. The minimum absolute atomic E-state index is 0.801. The van der Waals surface area contributed by atoms with Gasteiger partial charge in [0.1, 0.15) is 0 Å². The Kier molecular flexibility index (Phi) is 8.60. The SMILES string of the molecule is CCCCC1=C(O[Si](CCCC)(CCCC)c2ccccc2)OCC1. The highest BCUT2D eigenvalue weighted by Gasteiger charge is 2.40. The Labute approximate surface area is 155 Å². The van der Waals surface area contributed by atoms with Crippen molar-refractivity contribution >= 4 is 13.5 Å². The van der Waals surface area contributed by atoms with Crippen LogP contribution in [0.5, 0.6) is 0 Å². The van der Waals surface area contributed by atoms with E-state index in [1.54, 1.807) is 0 Å². The maximum Gasteiger partial charge on any atom is 0.286 e. The third kappa shape index (κ3) is 5.63. The molecule has 1 aliphatic rings. The first kappa shape index (κ1) is 20.1. The van der Waals surface area contributed by atoms with Gasteiger partial charge in [0.25, 0.3) is 14.3 Å². The van der Waals surface area contributed by atoms with Gasteiger partial charge in [-0.3, -0.25) is 0 Å². The third-order valence-corrected chi connectivity index (χ3v) is 9.50. The molecule has 0 aliphatic carbocycles. The number of unbranched alkanes of at least 4 members (excludes halogenated alkanes) is 3. The van der Waals surface area contributed by atoms with Crippen molar-refractivity contribution in [2.75, 3.05) is 6.61 Å². The van der Waals surface area contributed by atoms with E-state index < -0.39 is 8.32 Å². The predicted molar refractivity (Wildman–Crippen MR) is 109 cm³/mol. The molecule has 1 aliphatic heterocycles. The van der Waals surface area contributed by atoms with Crippen molar-refractivity contribution in [3.05, 3.63) is 41.9 Å². The molecule has 1 aromatic carbocycles. The van der Waals surface area contributed by atoms with Crippen LogP contribution in [-0.4, -0.2) is 14.9 Å². The highest BCUT2D eigenvalue weighted by atomic mass is 28.4. The molecule has 0 amide bonds. The molecule has 3 heteroatoms. The van der Waals surface area contributed by atoms with Crippen molar-refractivity contribution < 1.29 is 9.16 Å². The summed E-state index contributed by atoms with van der Waals surface area (Å²) >= 11 is 0. The first-order valence-electron chi connectivity index (χ1n) is 10.3. The molecule has 0 atom stereocenters. The lowest BCUT2D eigenvalue weighted by Gasteiger charge is -2.33. The van der Waals surface area contributed by atoms with Crippen LogP contribution in [0.25, 0.3) is 0 Å². The summed E-state index contributed by atoms with van der Waals surface area (Å²) in [5.41, 5.74) is 1.42. The second-order valence-electron chi connectivity index (χ2n) is 7.26. The van der Waals surface area contributed by atoms with E-state index >= 15 is 0 Å². The van der Waals surface area contributed by atoms with E-state index in [0.29, 0.717) is 0 Å². The summed E-state index contributed by atoms with van der Waals surface area (Å²) in [7, 11) is -2.04. The van der Waals surface area contributed by atoms with E-state index in [9.17, 15) is 0 Å². The lowest BCUT2D eigenvalue weighted by molar-refractivity contribution is 0.126. The number of ether oxygens (including phenoxy) is 1. The average molecular weight is 361 g/mol. The molecule has 0 aromatic heterocycles. The highest BCUT2D eigenvalue weighted by molar-refractivity contribution is 6.86. The monoisotopic (exact) mass is 360 g/mol. The molecule has 0 unspecified atom stereocenters. The Morgan fingerprint density at radius 2 is 1.56 bits per heavy atom. The van der Waals surface area contributed by atoms with E-state index in [-0.39, 0.29) is 0 Å². The van der Waals surface area contributed by atoms with E-state index in [4.69, 9.17) is 9.16 Å². The quantitative estimate of drug-likeness (QED) is 0.408. The Balaban J connectivity index is 2.31. The van der Waals surface area contributed by atoms with Crippen molar-refractivity contribution in [2.24, 2.45) is 0 Å². The van der Waals surface area contributed by atoms with Crippen LogP contribution in [0.4, 0.5) is 0 Å². The van der Waals surface area contributed by atoms with Crippen LogP contribution >= 0.6 is 0 Å². The number of rotatable bonds is 12. The van der Waals surface area contributed by atoms with Crippen LogP contribution < -0.4 is 5.19 Å². The summed E-state index contributed by atoms with van der Waals surface area (Å²) in [4.78, 5) is 0. The van der Waals surface area contributed by atoms with Gasteiger partial charge in [-0.1, -0.05) is 83.2 Å². The zero-order chi connectivity index (χ0) is 18.0. The van der Waals surface area contributed by atoms with Gasteiger partial charge in [-0.15, -0.1) is 0 Å². The zero-order valence-electron chi connectivity index (χ0n) is 16.5. The van der Waals surface area contributed by atoms with Gasteiger partial charge in [0, 0.05) is 12.0 Å². The van der Waals surface area contributed by atoms with Crippen LogP contribution in [0, 0.1) is 0 Å². The first-order chi connectivity index (χ1) is 12.3. The van der Waals surface area contributed by atoms with Gasteiger partial charge in [0.05, 0.1) is 6.61 Å². The van der Waals surface area contributed by atoms with Crippen molar-refractivity contribution in [3.63, 3.8) is 0 Å². The first-order valence-corrected chi connectivity index (χ1v) is 12.7. The lowest BCUT2D eigenvalue weighted by atomic mass is 10.1. The third-order valence-electron chi connectivity index (χ3n) is 5.21. The number of benzene rings is 1. The fourth-order valence-corrected chi connectivity index (χ4v) is 7.97. The standard InChI is InChI=1S/C22H36O2Si/c1-4-7-13-20-16-17-23-22(20)24-25(18-8-5-2,19-9-6-3)21-14-11-10-12-15-21/h10-12,14-15H,4-9,13,16-19H2,1-3H3. The molecule has 0 spiro atoms. The second kappa shape index (κ2) is 10.7. The van der Waals surface area contributed by atoms with Gasteiger partial charge in [-0.25, -0.2) is 0 Å². The van der Waals surface area contributed by atoms with E-state index in [1.807, 2.05) is 0 Å². The summed E-state index contributed by atoms with van der Waals surface area (Å²) in [6, 6.07) is 13.4. The Bertz CT molecular complexity index is 516. The van der Waals surface area contributed by atoms with E-state index in [2.05, 4.69) is 51.1 Å². The van der Waals surface area contributed by atoms with E-state index in [1.165, 1.54) is 61.4 Å². The van der Waals surface area contributed by atoms with Crippen molar-refractivity contribution in [3.8, 4) is 0 Å². The molecule has 0 N–H and O–H groups in total. The molecule has 0 fully saturated rings. The topological polar surface area (TPSA) is 18.5 Å². The number of hydrogen-bond donors (Lipinski definition) is 0. The molecule has 25 heavy (non-hydrogen) atoms. The molecular weight excluding hydrogens is 324 g/mol. The van der Waals surface area contributed by atoms with Crippen LogP contribution in [0.3, 0.4) is 0 Å². The minimum Gasteiger partial charge on any atom is -0.514 e. The lowest BCUT2D eigenvalue weighted by Crippen LogP contribution is -2.50. The van der Waals surface area contributed by atoms with Crippen LogP contribution in [0.1, 0.15) is 72.1 Å². The van der Waals surface area contributed by atoms with Gasteiger partial charge >= 0.3 is 0 Å². The second-order valence-corrected chi connectivity index (χ2v) is 11.0. The molecule has 0 radical (unpaired) electrons. The molecule has 2 rings (SSSR count). The van der Waals surface area contributed by atoms with Crippen LogP contribution in [0.2, 0.25) is 12.1 Å². The summed E-state index contributed by atoms with van der Waals surface area (Å²) in [6.07, 6.45) is 9.56. The molecule has 140 valence electrons. The molecule has 0 saturated heterocycles. The summed E-state index contributed by atoms with van der Waals surface area (Å²) in [5.74, 6) is 0.899. The van der Waals surface area contributed by atoms with Crippen molar-refractivity contribution in [1.82, 2.24) is 0 Å². The Hall–Kier alpha value is -1.22. The summed E-state index contributed by atoms with van der Waals surface area (Å²) in [5, 5.41) is 1.44. The van der Waals surface area contributed by atoms with Gasteiger partial charge in [0.2, 0.25) is 0 Å². The van der Waals surface area contributed by atoms with Gasteiger partial charge in [-0.05, 0) is 30.1 Å². The smallest absolute Gasteiger partial charge is 0.286 e. The molecule has 0 saturated carbocycles. The molecule has 0 bridgehead atoms. The van der Waals surface area contributed by atoms with Gasteiger partial charge < -0.3 is 9.16 Å². The van der Waals surface area contributed by atoms with Gasteiger partial charge in [0.15, 0.2) is 0 Å². The van der Waals surface area contributed by atoms with Crippen LogP contribution in [0.15, 0.2) is 41.9 Å². The van der Waals surface area contributed by atoms with Crippen molar-refractivity contribution in [2.45, 2.75) is 84.2 Å². The average Bonchev–Trinajstić information content (AvgIpc) is 3.09. The highest BCUT2D eigenvalue weighted by Crippen LogP contribution is 2.32. The minimum atomic E-state index is -2.04. The van der Waals surface area contributed by atoms with Crippen LogP contribution in [-0.2, 0) is 9.16 Å². The predicted octanol–water partition coefficient (Wildman–Crippen LogP) is 6.28. The molecule has 1 aromatic rings. The largest absolute Gasteiger partial charge is 0.514 e. The molecule has 1 heterocycles. The number of hydrogen-bond acceptors (Lipinski definition) is 2. The maximum atomic E-state index is 6.90. The van der Waals surface area contributed by atoms with Gasteiger partial charge in [-0.2, -0.15) is 0 Å². The van der Waals surface area contributed by atoms with Crippen molar-refractivity contribution in [1.29, 1.82) is 0 Å². The fraction of sp³-hybridized carbons (Fsp3) is 0.636.